The summed E-state index contributed by atoms with van der Waals surface area (Å²) >= 11 is 0. The lowest BCUT2D eigenvalue weighted by Crippen LogP contribution is -1.87. The Morgan fingerprint density at radius 3 is 1.68 bits per heavy atom. The molecular formula is C26H26O2. The van der Waals surface area contributed by atoms with E-state index in [1.54, 1.807) is 14.2 Å². The predicted molar refractivity (Wildman–Crippen MR) is 119 cm³/mol. The monoisotopic (exact) mass is 370 g/mol. The quantitative estimate of drug-likeness (QED) is 0.377. The van der Waals surface area contributed by atoms with Gasteiger partial charge in [-0.25, -0.2) is 0 Å². The molecule has 0 radical (unpaired) electrons. The zero-order valence-corrected chi connectivity index (χ0v) is 16.9. The summed E-state index contributed by atoms with van der Waals surface area (Å²) in [4.78, 5) is 0. The molecule has 142 valence electrons. The summed E-state index contributed by atoms with van der Waals surface area (Å²) in [6.45, 7) is 4.00. The van der Waals surface area contributed by atoms with Crippen molar-refractivity contribution in [3.05, 3.63) is 84.9 Å². The zero-order valence-electron chi connectivity index (χ0n) is 16.9. The summed E-state index contributed by atoms with van der Waals surface area (Å²) in [5, 5.41) is 2.41. The third-order valence-corrected chi connectivity index (χ3v) is 4.69. The van der Waals surface area contributed by atoms with Crippen LogP contribution in [0.5, 0.6) is 11.5 Å². The van der Waals surface area contributed by atoms with Crippen molar-refractivity contribution in [3.63, 3.8) is 0 Å². The van der Waals surface area contributed by atoms with Gasteiger partial charge in [0.05, 0.1) is 14.2 Å². The number of benzene rings is 4. The molecule has 0 saturated carbocycles. The van der Waals surface area contributed by atoms with E-state index in [0.717, 1.165) is 11.5 Å². The third kappa shape index (κ3) is 4.01. The highest BCUT2D eigenvalue weighted by Gasteiger charge is 2.07. The van der Waals surface area contributed by atoms with E-state index >= 15 is 0 Å². The molecule has 0 aliphatic carbocycles. The van der Waals surface area contributed by atoms with Crippen LogP contribution in [0.3, 0.4) is 0 Å². The fourth-order valence-corrected chi connectivity index (χ4v) is 3.27. The summed E-state index contributed by atoms with van der Waals surface area (Å²) in [5.41, 5.74) is 4.72. The van der Waals surface area contributed by atoms with Gasteiger partial charge in [-0.1, -0.05) is 74.5 Å². The molecule has 2 nitrogen and oxygen atoms in total. The Kier molecular flexibility index (Phi) is 6.33. The lowest BCUT2D eigenvalue weighted by Gasteiger charge is -2.11. The van der Waals surface area contributed by atoms with E-state index in [9.17, 15) is 0 Å². The molecule has 4 aromatic carbocycles. The fourth-order valence-electron chi connectivity index (χ4n) is 3.27. The standard InChI is InChI=1S/C24H20O2.C2H6/c1-25-21-13-11-18(12-14-21)17-7-9-19(10-8-17)24-16-22(26-2)15-20-5-3-4-6-23(20)24;1-2/h3-16H,1-2H3;1-2H3. The molecule has 0 amide bonds. The topological polar surface area (TPSA) is 18.5 Å². The van der Waals surface area contributed by atoms with Crippen LogP contribution in [0, 0.1) is 0 Å². The molecule has 4 aromatic rings. The Labute approximate surface area is 167 Å². The second kappa shape index (κ2) is 9.09. The summed E-state index contributed by atoms with van der Waals surface area (Å²) in [5.74, 6) is 1.74. The molecule has 0 N–H and O–H groups in total. The van der Waals surface area contributed by atoms with Crippen LogP contribution >= 0.6 is 0 Å². The molecule has 0 atom stereocenters. The molecule has 0 aliphatic heterocycles. The summed E-state index contributed by atoms with van der Waals surface area (Å²) in [6.07, 6.45) is 0. The maximum Gasteiger partial charge on any atom is 0.120 e. The number of hydrogen-bond donors (Lipinski definition) is 0. The SMILES string of the molecule is CC.COc1ccc(-c2ccc(-c3cc(OC)cc4ccccc34)cc2)cc1. The highest BCUT2D eigenvalue weighted by molar-refractivity contribution is 5.98. The Bertz CT molecular complexity index is 1030. The van der Waals surface area contributed by atoms with Gasteiger partial charge in [0.25, 0.3) is 0 Å². The van der Waals surface area contributed by atoms with E-state index in [4.69, 9.17) is 9.47 Å². The molecule has 0 spiro atoms. The Hall–Kier alpha value is -3.26. The van der Waals surface area contributed by atoms with E-state index < -0.39 is 0 Å². The molecular weight excluding hydrogens is 344 g/mol. The highest BCUT2D eigenvalue weighted by atomic mass is 16.5. The van der Waals surface area contributed by atoms with Crippen LogP contribution in [0.15, 0.2) is 84.9 Å². The molecule has 0 saturated heterocycles. The Morgan fingerprint density at radius 1 is 0.536 bits per heavy atom. The van der Waals surface area contributed by atoms with Gasteiger partial charge >= 0.3 is 0 Å². The summed E-state index contributed by atoms with van der Waals surface area (Å²) in [6, 6.07) is 29.4. The first kappa shape index (κ1) is 19.5. The predicted octanol–water partition coefficient (Wildman–Crippen LogP) is 7.22. The van der Waals surface area contributed by atoms with Crippen LogP contribution in [0.1, 0.15) is 13.8 Å². The molecule has 0 aromatic heterocycles. The minimum Gasteiger partial charge on any atom is -0.497 e. The minimum absolute atomic E-state index is 0.869. The van der Waals surface area contributed by atoms with Crippen molar-refractivity contribution in [1.29, 1.82) is 0 Å². The van der Waals surface area contributed by atoms with Gasteiger partial charge in [0.2, 0.25) is 0 Å². The third-order valence-electron chi connectivity index (χ3n) is 4.69. The Morgan fingerprint density at radius 2 is 1.07 bits per heavy atom. The smallest absolute Gasteiger partial charge is 0.120 e. The zero-order chi connectivity index (χ0) is 19.9. The van der Waals surface area contributed by atoms with Crippen molar-refractivity contribution >= 4 is 10.8 Å². The lowest BCUT2D eigenvalue weighted by atomic mass is 9.96. The van der Waals surface area contributed by atoms with Crippen molar-refractivity contribution in [3.8, 4) is 33.8 Å². The van der Waals surface area contributed by atoms with Crippen LogP contribution in [-0.4, -0.2) is 14.2 Å². The molecule has 0 bridgehead atoms. The second-order valence-electron chi connectivity index (χ2n) is 6.20. The van der Waals surface area contributed by atoms with Gasteiger partial charge in [-0.2, -0.15) is 0 Å². The first-order chi connectivity index (χ1) is 13.8. The van der Waals surface area contributed by atoms with E-state index in [-0.39, 0.29) is 0 Å². The number of rotatable bonds is 4. The first-order valence-corrected chi connectivity index (χ1v) is 9.60. The van der Waals surface area contributed by atoms with Crippen LogP contribution < -0.4 is 9.47 Å². The molecule has 4 rings (SSSR count). The van der Waals surface area contributed by atoms with Gasteiger partial charge in [-0.15, -0.1) is 0 Å². The molecule has 2 heteroatoms. The number of hydrogen-bond acceptors (Lipinski definition) is 2. The second-order valence-corrected chi connectivity index (χ2v) is 6.20. The van der Waals surface area contributed by atoms with Gasteiger partial charge < -0.3 is 9.47 Å². The fraction of sp³-hybridized carbons (Fsp3) is 0.154. The average molecular weight is 370 g/mol. The van der Waals surface area contributed by atoms with Gasteiger partial charge in [-0.05, 0) is 57.3 Å². The van der Waals surface area contributed by atoms with E-state index in [0.29, 0.717) is 0 Å². The van der Waals surface area contributed by atoms with Crippen molar-refractivity contribution in [2.75, 3.05) is 14.2 Å². The minimum atomic E-state index is 0.869. The van der Waals surface area contributed by atoms with Gasteiger partial charge in [-0.3, -0.25) is 0 Å². The van der Waals surface area contributed by atoms with Crippen molar-refractivity contribution < 1.29 is 9.47 Å². The molecule has 0 unspecified atom stereocenters. The van der Waals surface area contributed by atoms with Crippen LogP contribution in [0.2, 0.25) is 0 Å². The molecule has 0 heterocycles. The average Bonchev–Trinajstić information content (AvgIpc) is 2.80. The van der Waals surface area contributed by atoms with Crippen molar-refractivity contribution in [2.24, 2.45) is 0 Å². The lowest BCUT2D eigenvalue weighted by molar-refractivity contribution is 0.415. The molecule has 0 aliphatic rings. The van der Waals surface area contributed by atoms with Crippen LogP contribution in [0.4, 0.5) is 0 Å². The van der Waals surface area contributed by atoms with Gasteiger partial charge in [0, 0.05) is 0 Å². The van der Waals surface area contributed by atoms with Gasteiger partial charge in [0.1, 0.15) is 11.5 Å². The maximum absolute atomic E-state index is 5.49. The van der Waals surface area contributed by atoms with Crippen LogP contribution in [-0.2, 0) is 0 Å². The van der Waals surface area contributed by atoms with E-state index in [1.165, 1.54) is 33.0 Å². The largest absolute Gasteiger partial charge is 0.497 e. The highest BCUT2D eigenvalue weighted by Crippen LogP contribution is 2.34. The van der Waals surface area contributed by atoms with Crippen molar-refractivity contribution in [2.45, 2.75) is 13.8 Å². The van der Waals surface area contributed by atoms with Gasteiger partial charge in [0.15, 0.2) is 0 Å². The molecule has 28 heavy (non-hydrogen) atoms. The summed E-state index contributed by atoms with van der Waals surface area (Å²) in [7, 11) is 3.39. The van der Waals surface area contributed by atoms with E-state index in [2.05, 4.69) is 72.8 Å². The maximum atomic E-state index is 5.49. The Balaban J connectivity index is 0.00000109. The normalized spacial score (nSPS) is 10.1. The number of fused-ring (bicyclic) bond motifs is 1. The van der Waals surface area contributed by atoms with Crippen LogP contribution in [0.25, 0.3) is 33.0 Å². The number of ether oxygens (including phenoxy) is 2. The van der Waals surface area contributed by atoms with Crippen molar-refractivity contribution in [1.82, 2.24) is 0 Å². The summed E-state index contributed by atoms with van der Waals surface area (Å²) < 4.78 is 10.7. The molecule has 0 fully saturated rings. The number of methoxy groups -OCH3 is 2. The van der Waals surface area contributed by atoms with E-state index in [1.807, 2.05) is 26.0 Å². The first-order valence-electron chi connectivity index (χ1n) is 9.60.